The Kier molecular flexibility index (Phi) is 6.62. The van der Waals surface area contributed by atoms with Gasteiger partial charge in [0.05, 0.1) is 12.4 Å². The van der Waals surface area contributed by atoms with Crippen LogP contribution >= 0.6 is 11.8 Å². The summed E-state index contributed by atoms with van der Waals surface area (Å²) in [6.07, 6.45) is 4.81. The third-order valence-electron chi connectivity index (χ3n) is 4.19. The largest absolute Gasteiger partial charge is 0.496 e. The van der Waals surface area contributed by atoms with Crippen molar-refractivity contribution in [1.29, 1.82) is 0 Å². The number of likely N-dealkylation sites (tertiary alicyclic amines) is 1. The van der Waals surface area contributed by atoms with Gasteiger partial charge in [-0.15, -0.1) is 11.8 Å². The van der Waals surface area contributed by atoms with E-state index in [1.807, 2.05) is 13.0 Å². The predicted octanol–water partition coefficient (Wildman–Crippen LogP) is 4.03. The number of hydrogen-bond acceptors (Lipinski definition) is 3. The van der Waals surface area contributed by atoms with Gasteiger partial charge in [-0.2, -0.15) is 0 Å². The molecule has 1 saturated heterocycles. The van der Waals surface area contributed by atoms with Gasteiger partial charge in [-0.1, -0.05) is 30.5 Å². The van der Waals surface area contributed by atoms with E-state index < -0.39 is 0 Å². The summed E-state index contributed by atoms with van der Waals surface area (Å²) in [5.41, 5.74) is 2.39. The van der Waals surface area contributed by atoms with Crippen molar-refractivity contribution in [2.75, 3.05) is 20.2 Å². The van der Waals surface area contributed by atoms with E-state index >= 15 is 0 Å². The number of amides is 1. The second-order valence-corrected chi connectivity index (χ2v) is 7.34. The molecule has 1 heterocycles. The van der Waals surface area contributed by atoms with Crippen molar-refractivity contribution in [3.63, 3.8) is 0 Å². The van der Waals surface area contributed by atoms with E-state index in [9.17, 15) is 4.79 Å². The molecule has 1 aromatic carbocycles. The molecule has 2 rings (SSSR count). The highest BCUT2D eigenvalue weighted by atomic mass is 32.2. The fourth-order valence-corrected chi connectivity index (χ4v) is 3.80. The lowest BCUT2D eigenvalue weighted by atomic mass is 10.1. The van der Waals surface area contributed by atoms with E-state index in [1.165, 1.54) is 24.0 Å². The molecule has 1 unspecified atom stereocenters. The van der Waals surface area contributed by atoms with Crippen LogP contribution in [0.15, 0.2) is 18.2 Å². The highest BCUT2D eigenvalue weighted by Gasteiger charge is 2.22. The van der Waals surface area contributed by atoms with Crippen LogP contribution in [-0.2, 0) is 10.5 Å². The Morgan fingerprint density at radius 3 is 2.59 bits per heavy atom. The van der Waals surface area contributed by atoms with E-state index in [0.717, 1.165) is 37.4 Å². The number of nitrogens with zero attached hydrogens (tertiary/aromatic N) is 1. The summed E-state index contributed by atoms with van der Waals surface area (Å²) in [6, 6.07) is 6.21. The number of thioether (sulfide) groups is 1. The zero-order chi connectivity index (χ0) is 15.9. The minimum atomic E-state index is 0.00307. The first kappa shape index (κ1) is 17.2. The summed E-state index contributed by atoms with van der Waals surface area (Å²) in [7, 11) is 1.70. The van der Waals surface area contributed by atoms with Crippen LogP contribution < -0.4 is 4.74 Å². The van der Waals surface area contributed by atoms with Crippen LogP contribution in [0.3, 0.4) is 0 Å². The molecule has 4 heteroatoms. The standard InChI is InChI=1S/C18H27NO2S/c1-14-8-9-17(21-3)16(12-14)13-22-15(2)18(20)19-10-6-4-5-7-11-19/h8-9,12,15H,4-7,10-11,13H2,1-3H3. The van der Waals surface area contributed by atoms with E-state index in [-0.39, 0.29) is 5.25 Å². The van der Waals surface area contributed by atoms with Crippen molar-refractivity contribution in [1.82, 2.24) is 4.90 Å². The Morgan fingerprint density at radius 1 is 1.27 bits per heavy atom. The summed E-state index contributed by atoms with van der Waals surface area (Å²) in [5.74, 6) is 2.01. The highest BCUT2D eigenvalue weighted by molar-refractivity contribution is 7.99. The molecule has 0 aliphatic carbocycles. The molecule has 1 atom stereocenters. The molecule has 0 saturated carbocycles. The Bertz CT molecular complexity index is 496. The molecule has 1 aromatic rings. The average molecular weight is 321 g/mol. The van der Waals surface area contributed by atoms with Crippen LogP contribution in [0.5, 0.6) is 5.75 Å². The molecular weight excluding hydrogens is 294 g/mol. The topological polar surface area (TPSA) is 29.5 Å². The number of hydrogen-bond donors (Lipinski definition) is 0. The molecule has 1 fully saturated rings. The maximum Gasteiger partial charge on any atom is 0.235 e. The lowest BCUT2D eigenvalue weighted by Crippen LogP contribution is -2.37. The van der Waals surface area contributed by atoms with Gasteiger partial charge in [0.2, 0.25) is 5.91 Å². The number of rotatable bonds is 5. The Morgan fingerprint density at radius 2 is 1.95 bits per heavy atom. The summed E-state index contributed by atoms with van der Waals surface area (Å²) < 4.78 is 5.42. The summed E-state index contributed by atoms with van der Waals surface area (Å²) in [5, 5.41) is 0.00307. The van der Waals surface area contributed by atoms with Crippen molar-refractivity contribution in [3.8, 4) is 5.75 Å². The molecule has 1 amide bonds. The number of aryl methyl sites for hydroxylation is 1. The molecule has 3 nitrogen and oxygen atoms in total. The van der Waals surface area contributed by atoms with Crippen LogP contribution in [0.2, 0.25) is 0 Å². The van der Waals surface area contributed by atoms with E-state index in [2.05, 4.69) is 24.0 Å². The molecular formula is C18H27NO2S. The van der Waals surface area contributed by atoms with Crippen LogP contribution in [0.4, 0.5) is 0 Å². The molecule has 22 heavy (non-hydrogen) atoms. The van der Waals surface area contributed by atoms with Crippen molar-refractivity contribution in [2.24, 2.45) is 0 Å². The van der Waals surface area contributed by atoms with Crippen molar-refractivity contribution >= 4 is 17.7 Å². The van der Waals surface area contributed by atoms with Gasteiger partial charge in [0.1, 0.15) is 5.75 Å². The van der Waals surface area contributed by atoms with Crippen LogP contribution in [0.25, 0.3) is 0 Å². The van der Waals surface area contributed by atoms with Crippen molar-refractivity contribution in [2.45, 2.75) is 50.5 Å². The maximum atomic E-state index is 12.6. The van der Waals surface area contributed by atoms with Gasteiger partial charge in [-0.25, -0.2) is 0 Å². The predicted molar refractivity (Wildman–Crippen MR) is 93.5 cm³/mol. The van der Waals surface area contributed by atoms with Gasteiger partial charge in [-0.05, 0) is 32.8 Å². The second-order valence-electron chi connectivity index (χ2n) is 6.01. The zero-order valence-electron chi connectivity index (χ0n) is 13.9. The van der Waals surface area contributed by atoms with E-state index in [4.69, 9.17) is 4.74 Å². The van der Waals surface area contributed by atoms with Gasteiger partial charge in [0.15, 0.2) is 0 Å². The fourth-order valence-electron chi connectivity index (χ4n) is 2.85. The minimum absolute atomic E-state index is 0.00307. The number of carbonyl (C=O) groups is 1. The van der Waals surface area contributed by atoms with Gasteiger partial charge >= 0.3 is 0 Å². The summed E-state index contributed by atoms with van der Waals surface area (Å²) >= 11 is 1.71. The van der Waals surface area contributed by atoms with E-state index in [1.54, 1.807) is 18.9 Å². The van der Waals surface area contributed by atoms with Crippen molar-refractivity contribution in [3.05, 3.63) is 29.3 Å². The average Bonchev–Trinajstić information content (AvgIpc) is 2.81. The first-order chi connectivity index (χ1) is 10.6. The van der Waals surface area contributed by atoms with Crippen LogP contribution in [0, 0.1) is 6.92 Å². The Hall–Kier alpha value is -1.16. The fraction of sp³-hybridized carbons (Fsp3) is 0.611. The van der Waals surface area contributed by atoms with Gasteiger partial charge in [-0.3, -0.25) is 4.79 Å². The molecule has 0 aromatic heterocycles. The molecule has 0 bridgehead atoms. The van der Waals surface area contributed by atoms with Gasteiger partial charge < -0.3 is 9.64 Å². The van der Waals surface area contributed by atoms with Crippen LogP contribution in [0.1, 0.15) is 43.7 Å². The van der Waals surface area contributed by atoms with E-state index in [0.29, 0.717) is 5.91 Å². The Labute approximate surface area is 138 Å². The van der Waals surface area contributed by atoms with Gasteiger partial charge in [0, 0.05) is 24.4 Å². The maximum absolute atomic E-state index is 12.6. The smallest absolute Gasteiger partial charge is 0.235 e. The second kappa shape index (κ2) is 8.47. The molecule has 122 valence electrons. The van der Waals surface area contributed by atoms with Gasteiger partial charge in [0.25, 0.3) is 0 Å². The quantitative estimate of drug-likeness (QED) is 0.820. The first-order valence-corrected chi connectivity index (χ1v) is 9.20. The molecule has 0 N–H and O–H groups in total. The first-order valence-electron chi connectivity index (χ1n) is 8.15. The Balaban J connectivity index is 1.92. The normalized spacial score (nSPS) is 17.0. The number of carbonyl (C=O) groups excluding carboxylic acids is 1. The third kappa shape index (κ3) is 4.67. The monoisotopic (exact) mass is 321 g/mol. The highest BCUT2D eigenvalue weighted by Crippen LogP contribution is 2.27. The molecule has 0 spiro atoms. The summed E-state index contributed by atoms with van der Waals surface area (Å²) in [6.45, 7) is 5.97. The van der Waals surface area contributed by atoms with Crippen LogP contribution in [-0.4, -0.2) is 36.3 Å². The summed E-state index contributed by atoms with van der Waals surface area (Å²) in [4.78, 5) is 14.6. The lowest BCUT2D eigenvalue weighted by molar-refractivity contribution is -0.130. The number of benzene rings is 1. The third-order valence-corrected chi connectivity index (χ3v) is 5.37. The minimum Gasteiger partial charge on any atom is -0.496 e. The SMILES string of the molecule is COc1ccc(C)cc1CSC(C)C(=O)N1CCCCCC1. The zero-order valence-corrected chi connectivity index (χ0v) is 14.7. The molecule has 1 aliphatic rings. The number of ether oxygens (including phenoxy) is 1. The molecule has 0 radical (unpaired) electrons. The molecule has 1 aliphatic heterocycles. The number of methoxy groups -OCH3 is 1. The lowest BCUT2D eigenvalue weighted by Gasteiger charge is -2.24. The van der Waals surface area contributed by atoms with Crippen molar-refractivity contribution < 1.29 is 9.53 Å².